The average Bonchev–Trinajstić information content (AvgIpc) is 4.04. The van der Waals surface area contributed by atoms with Crippen LogP contribution in [0.5, 0.6) is 23.0 Å². The molecule has 4 nitrogen and oxygen atoms in total. The first kappa shape index (κ1) is 37.9. The van der Waals surface area contributed by atoms with Crippen molar-refractivity contribution in [1.29, 1.82) is 0 Å². The molecular weight excluding hydrogens is 848 g/mol. The Morgan fingerprint density at radius 1 is 0.412 bits per heavy atom. The summed E-state index contributed by atoms with van der Waals surface area (Å²) in [6.45, 7) is 4.23. The minimum Gasteiger partial charge on any atom is -0.458 e. The monoisotopic (exact) mass is 886 g/mol. The lowest BCUT2D eigenvalue weighted by Gasteiger charge is -2.34. The van der Waals surface area contributed by atoms with Gasteiger partial charge in [-0.2, -0.15) is 0 Å². The number of thiophene rings is 1. The molecule has 13 aromatic rings. The molecule has 0 N–H and O–H groups in total. The average molecular weight is 887 g/mol. The van der Waals surface area contributed by atoms with Gasteiger partial charge in [0.05, 0.1) is 32.5 Å². The number of aromatic nitrogens is 2. The Bertz CT molecular complexity index is 4240. The van der Waals surface area contributed by atoms with Gasteiger partial charge in [-0.15, -0.1) is 11.3 Å². The summed E-state index contributed by atoms with van der Waals surface area (Å²) in [7, 11) is 0. The summed E-state index contributed by atoms with van der Waals surface area (Å²) in [5.41, 5.74) is 17.2. The van der Waals surface area contributed by atoms with Gasteiger partial charge in [0.25, 0.3) is 6.71 Å². The second-order valence-corrected chi connectivity index (χ2v) is 19.6. The van der Waals surface area contributed by atoms with Gasteiger partial charge in [0.2, 0.25) is 0 Å². The SMILES string of the molecule is Cc1ccc2c(c1)c1cc(C)ccc1n2-c1cc2c3c(c1)Oc1cc(-n4c5cccc(-c6ccccc6)c5c5ccc6c7ccccc7sc6c54)ccc1B3c1ccc(-c3ccccc3)cc1O2. The molecule has 2 aliphatic heterocycles. The Balaban J connectivity index is 0.989. The van der Waals surface area contributed by atoms with Gasteiger partial charge in [-0.3, -0.25) is 0 Å². The highest BCUT2D eigenvalue weighted by Gasteiger charge is 2.41. The lowest BCUT2D eigenvalue weighted by molar-refractivity contribution is 0.464. The third-order valence-corrected chi connectivity index (χ3v) is 15.7. The van der Waals surface area contributed by atoms with Crippen LogP contribution in [0, 0.1) is 13.8 Å². The molecule has 0 radical (unpaired) electrons. The van der Waals surface area contributed by atoms with Gasteiger partial charge >= 0.3 is 0 Å². The van der Waals surface area contributed by atoms with E-state index < -0.39 is 0 Å². The van der Waals surface area contributed by atoms with Crippen LogP contribution in [0.15, 0.2) is 200 Å². The maximum absolute atomic E-state index is 7.32. The maximum Gasteiger partial charge on any atom is 0.260 e. The number of aryl methyl sites for hydroxylation is 2. The zero-order valence-corrected chi connectivity index (χ0v) is 38.1. The summed E-state index contributed by atoms with van der Waals surface area (Å²) in [6, 6.07) is 73.2. The van der Waals surface area contributed by atoms with Crippen LogP contribution in [-0.4, -0.2) is 15.8 Å². The summed E-state index contributed by atoms with van der Waals surface area (Å²) in [5.74, 6) is 3.32. The topological polar surface area (TPSA) is 28.3 Å². The van der Waals surface area contributed by atoms with E-state index in [1.54, 1.807) is 0 Å². The highest BCUT2D eigenvalue weighted by atomic mass is 32.1. The van der Waals surface area contributed by atoms with Gasteiger partial charge in [-0.1, -0.05) is 145 Å². The van der Waals surface area contributed by atoms with E-state index >= 15 is 0 Å². The molecule has 0 saturated carbocycles. The van der Waals surface area contributed by atoms with Crippen LogP contribution in [0.2, 0.25) is 0 Å². The molecule has 0 amide bonds. The fourth-order valence-electron chi connectivity index (χ4n) is 11.5. The number of fused-ring (bicyclic) bond motifs is 14. The van der Waals surface area contributed by atoms with E-state index in [1.165, 1.54) is 69.5 Å². The van der Waals surface area contributed by atoms with Crippen LogP contribution in [0.3, 0.4) is 0 Å². The normalized spacial score (nSPS) is 12.8. The number of rotatable bonds is 4. The van der Waals surface area contributed by atoms with Crippen molar-refractivity contribution >= 4 is 98.2 Å². The van der Waals surface area contributed by atoms with E-state index in [0.29, 0.717) is 0 Å². The van der Waals surface area contributed by atoms with Gasteiger partial charge in [0.1, 0.15) is 23.0 Å². The van der Waals surface area contributed by atoms with Crippen molar-refractivity contribution in [2.45, 2.75) is 13.8 Å². The summed E-state index contributed by atoms with van der Waals surface area (Å²) in [4.78, 5) is 0. The van der Waals surface area contributed by atoms with Crippen molar-refractivity contribution in [2.24, 2.45) is 0 Å². The van der Waals surface area contributed by atoms with E-state index in [-0.39, 0.29) is 6.71 Å². The van der Waals surface area contributed by atoms with Gasteiger partial charge in [0, 0.05) is 66.4 Å². The molecule has 0 atom stereocenters. The Labute approximate surface area is 396 Å². The van der Waals surface area contributed by atoms with Crippen LogP contribution in [0.1, 0.15) is 11.1 Å². The van der Waals surface area contributed by atoms with E-state index in [0.717, 1.165) is 78.4 Å². The van der Waals surface area contributed by atoms with Crippen LogP contribution in [-0.2, 0) is 0 Å². The van der Waals surface area contributed by atoms with Gasteiger partial charge < -0.3 is 18.6 Å². The van der Waals surface area contributed by atoms with Gasteiger partial charge in [-0.05, 0) is 95.6 Å². The van der Waals surface area contributed by atoms with Crippen molar-refractivity contribution in [3.63, 3.8) is 0 Å². The molecule has 3 aromatic heterocycles. The summed E-state index contributed by atoms with van der Waals surface area (Å²) in [6.07, 6.45) is 0. The molecule has 0 saturated heterocycles. The maximum atomic E-state index is 7.32. The fourth-order valence-corrected chi connectivity index (χ4v) is 12.8. The second-order valence-electron chi connectivity index (χ2n) is 18.5. The van der Waals surface area contributed by atoms with Crippen molar-refractivity contribution in [2.75, 3.05) is 0 Å². The molecule has 0 bridgehead atoms. The number of hydrogen-bond acceptors (Lipinski definition) is 3. The number of ether oxygens (including phenoxy) is 2. The molecule has 0 unspecified atom stereocenters. The third kappa shape index (κ3) is 5.38. The minimum atomic E-state index is -0.110. The van der Waals surface area contributed by atoms with E-state index in [9.17, 15) is 0 Å². The molecule has 2 aliphatic rings. The molecule has 5 heterocycles. The van der Waals surface area contributed by atoms with Gasteiger partial charge in [0.15, 0.2) is 0 Å². The van der Waals surface area contributed by atoms with Crippen LogP contribution >= 0.6 is 11.3 Å². The predicted octanol–water partition coefficient (Wildman–Crippen LogP) is 14.9. The van der Waals surface area contributed by atoms with Gasteiger partial charge in [-0.25, -0.2) is 0 Å². The number of benzene rings is 10. The van der Waals surface area contributed by atoms with Crippen molar-refractivity contribution in [3.8, 4) is 56.6 Å². The minimum absolute atomic E-state index is 0.110. The smallest absolute Gasteiger partial charge is 0.260 e. The quantitative estimate of drug-likeness (QED) is 0.165. The van der Waals surface area contributed by atoms with E-state index in [1.807, 2.05) is 11.3 Å². The molecule has 68 heavy (non-hydrogen) atoms. The summed E-state index contributed by atoms with van der Waals surface area (Å²) >= 11 is 1.88. The second kappa shape index (κ2) is 14.1. The Morgan fingerprint density at radius 2 is 1.04 bits per heavy atom. The van der Waals surface area contributed by atoms with Crippen molar-refractivity contribution in [1.82, 2.24) is 9.13 Å². The first-order valence-electron chi connectivity index (χ1n) is 23.3. The van der Waals surface area contributed by atoms with E-state index in [2.05, 4.69) is 223 Å². The first-order chi connectivity index (χ1) is 33.5. The highest BCUT2D eigenvalue weighted by molar-refractivity contribution is 7.26. The molecular formula is C62H39BN2O2S. The number of nitrogens with zero attached hydrogens (tertiary/aromatic N) is 2. The fraction of sp³-hybridized carbons (Fsp3) is 0.0323. The molecule has 10 aromatic carbocycles. The molecule has 6 heteroatoms. The third-order valence-electron chi connectivity index (χ3n) is 14.5. The summed E-state index contributed by atoms with van der Waals surface area (Å²) < 4.78 is 21.9. The lowest BCUT2D eigenvalue weighted by Crippen LogP contribution is -2.57. The predicted molar refractivity (Wildman–Crippen MR) is 286 cm³/mol. The largest absolute Gasteiger partial charge is 0.458 e. The molecule has 0 fully saturated rings. The van der Waals surface area contributed by atoms with Crippen LogP contribution in [0.25, 0.3) is 97.4 Å². The highest BCUT2D eigenvalue weighted by Crippen LogP contribution is 2.47. The van der Waals surface area contributed by atoms with Crippen LogP contribution < -0.4 is 25.9 Å². The van der Waals surface area contributed by atoms with Crippen molar-refractivity contribution in [3.05, 3.63) is 211 Å². The molecule has 0 spiro atoms. The Hall–Kier alpha value is -8.32. The summed E-state index contributed by atoms with van der Waals surface area (Å²) in [5, 5.41) is 7.51. The number of hydrogen-bond donors (Lipinski definition) is 0. The first-order valence-corrected chi connectivity index (χ1v) is 24.2. The molecule has 15 rings (SSSR count). The lowest BCUT2D eigenvalue weighted by atomic mass is 9.35. The van der Waals surface area contributed by atoms with Crippen molar-refractivity contribution < 1.29 is 9.47 Å². The Morgan fingerprint density at radius 3 is 1.78 bits per heavy atom. The standard InChI is InChI=1S/C62H39BN2O2S/c1-36-20-28-51-47(30-36)48-31-37(2)21-29-52(48)64(51)42-34-56-60-57(35-42)67-55-33-41(23-27-50(55)63(60)49-26-22-40(32-54(49)66-56)38-12-5-3-6-13-38)65-53-18-11-17-43(39-14-7-4-8-15-39)59(53)46-25-24-45-44-16-9-10-19-58(44)68-62(45)61(46)65/h3-35H,1-2H3. The Kier molecular flexibility index (Phi) is 7.85. The zero-order chi connectivity index (χ0) is 44.8. The molecule has 318 valence electrons. The van der Waals surface area contributed by atoms with Crippen LogP contribution in [0.4, 0.5) is 0 Å². The molecule has 0 aliphatic carbocycles. The zero-order valence-electron chi connectivity index (χ0n) is 37.2. The van der Waals surface area contributed by atoms with E-state index in [4.69, 9.17) is 9.47 Å².